The van der Waals surface area contributed by atoms with Crippen molar-refractivity contribution in [1.29, 1.82) is 0 Å². The van der Waals surface area contributed by atoms with E-state index in [0.717, 1.165) is 22.3 Å². The summed E-state index contributed by atoms with van der Waals surface area (Å²) in [4.78, 5) is 10.9. The maximum atomic E-state index is 13.0. The Morgan fingerprint density at radius 3 is 2.12 bits per heavy atom. The topological polar surface area (TPSA) is 83.5 Å². The fraction of sp³-hybridized carbons (Fsp3) is 0.240. The zero-order chi connectivity index (χ0) is 23.1. The summed E-state index contributed by atoms with van der Waals surface area (Å²) in [6.45, 7) is 2.01. The van der Waals surface area contributed by atoms with E-state index in [1.165, 1.54) is 12.1 Å². The van der Waals surface area contributed by atoms with Gasteiger partial charge in [-0.05, 0) is 67.1 Å². The van der Waals surface area contributed by atoms with Gasteiger partial charge in [-0.2, -0.15) is 0 Å². The summed E-state index contributed by atoms with van der Waals surface area (Å²) in [6.07, 6.45) is 1.83. The van der Waals surface area contributed by atoms with Crippen molar-refractivity contribution in [3.05, 3.63) is 100 Å². The van der Waals surface area contributed by atoms with Crippen LogP contribution in [-0.2, 0) is 27.7 Å². The van der Waals surface area contributed by atoms with Crippen LogP contribution in [0.5, 0.6) is 0 Å². The lowest BCUT2D eigenvalue weighted by atomic mass is 9.97. The Morgan fingerprint density at radius 1 is 0.938 bits per heavy atom. The third-order valence-corrected chi connectivity index (χ3v) is 6.96. The lowest BCUT2D eigenvalue weighted by molar-refractivity contribution is -0.137. The van der Waals surface area contributed by atoms with Crippen LogP contribution in [0.1, 0.15) is 41.1 Å². The number of carboxylic acids is 1. The molecule has 5 nitrogen and oxygen atoms in total. The second kappa shape index (κ2) is 10.8. The fourth-order valence-corrected chi connectivity index (χ4v) is 4.77. The molecule has 0 aliphatic heterocycles. The minimum atomic E-state index is -3.76. The molecule has 0 amide bonds. The SMILES string of the molecule is Cc1ccc(CC(NS(=O)(=O)c2ccc(Cl)cc2)c2ccc(CCCC(=O)O)cc2)cc1. The van der Waals surface area contributed by atoms with Gasteiger partial charge in [0.25, 0.3) is 0 Å². The van der Waals surface area contributed by atoms with Gasteiger partial charge < -0.3 is 5.11 Å². The molecule has 3 rings (SSSR count). The van der Waals surface area contributed by atoms with E-state index < -0.39 is 22.0 Å². The van der Waals surface area contributed by atoms with Gasteiger partial charge >= 0.3 is 5.97 Å². The van der Waals surface area contributed by atoms with Gasteiger partial charge in [-0.25, -0.2) is 13.1 Å². The minimum absolute atomic E-state index is 0.124. The molecule has 7 heteroatoms. The first-order valence-electron chi connectivity index (χ1n) is 10.4. The van der Waals surface area contributed by atoms with Crippen molar-refractivity contribution < 1.29 is 18.3 Å². The molecule has 32 heavy (non-hydrogen) atoms. The maximum absolute atomic E-state index is 13.0. The van der Waals surface area contributed by atoms with E-state index >= 15 is 0 Å². The van der Waals surface area contributed by atoms with E-state index in [1.54, 1.807) is 12.1 Å². The Hall–Kier alpha value is -2.67. The van der Waals surface area contributed by atoms with E-state index in [0.29, 0.717) is 24.3 Å². The summed E-state index contributed by atoms with van der Waals surface area (Å²) in [5.41, 5.74) is 4.01. The summed E-state index contributed by atoms with van der Waals surface area (Å²) >= 11 is 5.90. The average molecular weight is 472 g/mol. The lowest BCUT2D eigenvalue weighted by Crippen LogP contribution is -2.30. The summed E-state index contributed by atoms with van der Waals surface area (Å²) in [7, 11) is -3.76. The van der Waals surface area contributed by atoms with Gasteiger partial charge in [0.05, 0.1) is 10.9 Å². The highest BCUT2D eigenvalue weighted by Gasteiger charge is 2.22. The van der Waals surface area contributed by atoms with Crippen LogP contribution in [0.15, 0.2) is 77.7 Å². The van der Waals surface area contributed by atoms with Crippen LogP contribution in [0.4, 0.5) is 0 Å². The lowest BCUT2D eigenvalue weighted by Gasteiger charge is -2.20. The highest BCUT2D eigenvalue weighted by Crippen LogP contribution is 2.24. The zero-order valence-electron chi connectivity index (χ0n) is 17.8. The second-order valence-electron chi connectivity index (χ2n) is 7.81. The molecule has 0 aliphatic rings. The molecule has 3 aromatic rings. The molecule has 0 aromatic heterocycles. The van der Waals surface area contributed by atoms with Crippen LogP contribution in [0.25, 0.3) is 0 Å². The van der Waals surface area contributed by atoms with Gasteiger partial charge in [0.2, 0.25) is 10.0 Å². The van der Waals surface area contributed by atoms with Crippen molar-refractivity contribution in [2.45, 2.75) is 43.5 Å². The van der Waals surface area contributed by atoms with Crippen molar-refractivity contribution >= 4 is 27.6 Å². The Labute approximate surface area is 194 Å². The number of carboxylic acid groups (broad SMARTS) is 1. The van der Waals surface area contributed by atoms with Crippen molar-refractivity contribution in [3.63, 3.8) is 0 Å². The monoisotopic (exact) mass is 471 g/mol. The minimum Gasteiger partial charge on any atom is -0.481 e. The summed E-state index contributed by atoms with van der Waals surface area (Å²) < 4.78 is 28.9. The molecule has 0 bridgehead atoms. The Balaban J connectivity index is 1.84. The zero-order valence-corrected chi connectivity index (χ0v) is 19.4. The van der Waals surface area contributed by atoms with Crippen LogP contribution in [0.3, 0.4) is 0 Å². The van der Waals surface area contributed by atoms with Crippen molar-refractivity contribution in [2.75, 3.05) is 0 Å². The molecule has 2 N–H and O–H groups in total. The number of aryl methyl sites for hydroxylation is 2. The highest BCUT2D eigenvalue weighted by atomic mass is 35.5. The van der Waals surface area contributed by atoms with Crippen molar-refractivity contribution in [3.8, 4) is 0 Å². The van der Waals surface area contributed by atoms with Gasteiger partial charge in [-0.1, -0.05) is 65.7 Å². The number of benzene rings is 3. The number of rotatable bonds is 10. The first kappa shape index (κ1) is 24.0. The van der Waals surface area contributed by atoms with Gasteiger partial charge in [-0.15, -0.1) is 0 Å². The van der Waals surface area contributed by atoms with Crippen LogP contribution in [0.2, 0.25) is 5.02 Å². The normalized spacial score (nSPS) is 12.4. The van der Waals surface area contributed by atoms with E-state index in [1.807, 2.05) is 55.5 Å². The van der Waals surface area contributed by atoms with Crippen LogP contribution < -0.4 is 4.72 Å². The van der Waals surface area contributed by atoms with Gasteiger partial charge in [0, 0.05) is 11.4 Å². The van der Waals surface area contributed by atoms with Gasteiger partial charge in [-0.3, -0.25) is 4.79 Å². The van der Waals surface area contributed by atoms with E-state index in [2.05, 4.69) is 4.72 Å². The van der Waals surface area contributed by atoms with Crippen LogP contribution >= 0.6 is 11.6 Å². The highest BCUT2D eigenvalue weighted by molar-refractivity contribution is 7.89. The molecule has 0 radical (unpaired) electrons. The van der Waals surface area contributed by atoms with Crippen LogP contribution in [-0.4, -0.2) is 19.5 Å². The number of hydrogen-bond donors (Lipinski definition) is 2. The average Bonchev–Trinajstić information content (AvgIpc) is 2.75. The molecule has 3 aromatic carbocycles. The Kier molecular flexibility index (Phi) is 8.07. The number of hydrogen-bond acceptors (Lipinski definition) is 3. The van der Waals surface area contributed by atoms with E-state index in [9.17, 15) is 13.2 Å². The quantitative estimate of drug-likeness (QED) is 0.419. The van der Waals surface area contributed by atoms with Gasteiger partial charge in [0.1, 0.15) is 0 Å². The molecular weight excluding hydrogens is 446 g/mol. The summed E-state index contributed by atoms with van der Waals surface area (Å²) in [5, 5.41) is 9.28. The third kappa shape index (κ3) is 6.92. The largest absolute Gasteiger partial charge is 0.481 e. The molecular formula is C25H26ClNO4S. The molecule has 0 saturated heterocycles. The smallest absolute Gasteiger partial charge is 0.303 e. The van der Waals surface area contributed by atoms with Crippen molar-refractivity contribution in [1.82, 2.24) is 4.72 Å². The molecule has 0 heterocycles. The van der Waals surface area contributed by atoms with Crippen LogP contribution in [0, 0.1) is 6.92 Å². The Morgan fingerprint density at radius 2 is 1.53 bits per heavy atom. The fourth-order valence-electron chi connectivity index (χ4n) is 3.42. The number of carbonyl (C=O) groups is 1. The summed E-state index contributed by atoms with van der Waals surface area (Å²) in [5.74, 6) is -0.809. The van der Waals surface area contributed by atoms with Gasteiger partial charge in [0.15, 0.2) is 0 Å². The van der Waals surface area contributed by atoms with E-state index in [-0.39, 0.29) is 11.3 Å². The molecule has 0 spiro atoms. The third-order valence-electron chi connectivity index (χ3n) is 5.22. The predicted molar refractivity (Wildman–Crippen MR) is 126 cm³/mol. The number of nitrogens with one attached hydrogen (secondary N) is 1. The summed E-state index contributed by atoms with van der Waals surface area (Å²) in [6, 6.07) is 21.3. The first-order chi connectivity index (χ1) is 15.2. The Bertz CT molecular complexity index is 1140. The predicted octanol–water partition coefficient (Wildman–Crippen LogP) is 5.32. The molecule has 1 atom stereocenters. The molecule has 0 aliphatic carbocycles. The number of halogens is 1. The number of sulfonamides is 1. The molecule has 168 valence electrons. The first-order valence-corrected chi connectivity index (χ1v) is 12.2. The second-order valence-corrected chi connectivity index (χ2v) is 9.96. The van der Waals surface area contributed by atoms with E-state index in [4.69, 9.17) is 16.7 Å². The molecule has 0 saturated carbocycles. The maximum Gasteiger partial charge on any atom is 0.303 e. The standard InChI is InChI=1S/C25H26ClNO4S/c1-18-5-7-20(8-6-18)17-24(27-32(30,31)23-15-13-22(26)14-16-23)21-11-9-19(10-12-21)3-2-4-25(28)29/h5-16,24,27H,2-4,17H2,1H3,(H,28,29). The molecule has 1 unspecified atom stereocenters. The van der Waals surface area contributed by atoms with Crippen molar-refractivity contribution in [2.24, 2.45) is 0 Å². The number of aliphatic carboxylic acids is 1. The molecule has 0 fully saturated rings.